The molecule has 0 atom stereocenters. The third-order valence-corrected chi connectivity index (χ3v) is 7.19. The molecule has 3 rings (SSSR count). The molecule has 1 aliphatic heterocycles. The molecule has 10 heteroatoms. The summed E-state index contributed by atoms with van der Waals surface area (Å²) in [7, 11) is -3.76. The van der Waals surface area contributed by atoms with Gasteiger partial charge in [0.2, 0.25) is 15.9 Å². The number of aromatic nitrogens is 2. The van der Waals surface area contributed by atoms with Gasteiger partial charge >= 0.3 is 0 Å². The highest BCUT2D eigenvalue weighted by Crippen LogP contribution is 2.37. The first-order valence-corrected chi connectivity index (χ1v) is 10.2. The normalized spacial score (nSPS) is 17.3. The van der Waals surface area contributed by atoms with E-state index in [1.807, 2.05) is 0 Å². The van der Waals surface area contributed by atoms with Crippen LogP contribution in [0.15, 0.2) is 26.0 Å². The molecule has 24 heavy (non-hydrogen) atoms. The number of rotatable bonds is 3. The molecule has 2 heterocycles. The fourth-order valence-electron chi connectivity index (χ4n) is 2.73. The highest BCUT2D eigenvalue weighted by molar-refractivity contribution is 9.10. The van der Waals surface area contributed by atoms with Gasteiger partial charge in [-0.2, -0.15) is 9.29 Å². The van der Waals surface area contributed by atoms with E-state index in [1.54, 1.807) is 6.92 Å². The summed E-state index contributed by atoms with van der Waals surface area (Å²) in [5.41, 5.74) is 0. The summed E-state index contributed by atoms with van der Waals surface area (Å²) in [6.07, 6.45) is 1.21. The largest absolute Gasteiger partial charge is 0.339 e. The van der Waals surface area contributed by atoms with Crippen LogP contribution >= 0.6 is 39.1 Å². The number of sulfonamides is 1. The van der Waals surface area contributed by atoms with Gasteiger partial charge in [0.25, 0.3) is 0 Å². The maximum absolute atomic E-state index is 12.9. The predicted molar refractivity (Wildman–Crippen MR) is 93.9 cm³/mol. The highest BCUT2D eigenvalue weighted by Gasteiger charge is 2.34. The molecule has 1 aliphatic rings. The fraction of sp³-hybridized carbons (Fsp3) is 0.429. The van der Waals surface area contributed by atoms with E-state index in [0.29, 0.717) is 42.1 Å². The van der Waals surface area contributed by atoms with Gasteiger partial charge in [0, 0.05) is 23.5 Å². The molecule has 1 saturated heterocycles. The van der Waals surface area contributed by atoms with Crippen LogP contribution in [0.1, 0.15) is 30.5 Å². The predicted octanol–water partition coefficient (Wildman–Crippen LogP) is 4.02. The second-order valence-electron chi connectivity index (χ2n) is 5.56. The Bertz CT molecular complexity index is 841. The second-order valence-corrected chi connectivity index (χ2v) is 9.16. The quantitative estimate of drug-likeness (QED) is 0.699. The van der Waals surface area contributed by atoms with Crippen molar-refractivity contribution in [3.05, 3.63) is 38.4 Å². The van der Waals surface area contributed by atoms with E-state index >= 15 is 0 Å². The molecule has 1 fully saturated rings. The molecule has 0 spiro atoms. The Labute approximate surface area is 158 Å². The second kappa shape index (κ2) is 6.92. The first kappa shape index (κ1) is 18.1. The van der Waals surface area contributed by atoms with Gasteiger partial charge in [-0.15, -0.1) is 0 Å². The van der Waals surface area contributed by atoms with Crippen molar-refractivity contribution in [2.24, 2.45) is 0 Å². The average molecular weight is 455 g/mol. The van der Waals surface area contributed by atoms with Gasteiger partial charge in [-0.25, -0.2) is 8.42 Å². The highest BCUT2D eigenvalue weighted by atomic mass is 79.9. The summed E-state index contributed by atoms with van der Waals surface area (Å²) in [6, 6.07) is 3.04. The molecule has 1 aromatic heterocycles. The zero-order chi connectivity index (χ0) is 17.5. The SMILES string of the molecule is Cc1noc(C2CCN(S(=O)(=O)c3c(Cl)cc(Br)cc3Cl)CC2)n1. The smallest absolute Gasteiger partial charge is 0.246 e. The average Bonchev–Trinajstić information content (AvgIpc) is 2.92. The Kier molecular flexibility index (Phi) is 5.22. The molecule has 0 unspecified atom stereocenters. The van der Waals surface area contributed by atoms with E-state index in [0.717, 1.165) is 0 Å². The number of benzene rings is 1. The van der Waals surface area contributed by atoms with Crippen molar-refractivity contribution in [3.63, 3.8) is 0 Å². The van der Waals surface area contributed by atoms with Gasteiger partial charge in [0.05, 0.1) is 10.0 Å². The molecule has 0 aliphatic carbocycles. The Morgan fingerprint density at radius 3 is 2.33 bits per heavy atom. The molecule has 2 aromatic rings. The Hall–Kier alpha value is -0.670. The van der Waals surface area contributed by atoms with E-state index in [1.165, 1.54) is 16.4 Å². The molecule has 0 N–H and O–H groups in total. The maximum Gasteiger partial charge on any atom is 0.246 e. The van der Waals surface area contributed by atoms with Gasteiger partial charge in [-0.3, -0.25) is 0 Å². The number of hydrogen-bond donors (Lipinski definition) is 0. The topological polar surface area (TPSA) is 76.3 Å². The summed E-state index contributed by atoms with van der Waals surface area (Å²) in [5.74, 6) is 1.20. The van der Waals surface area contributed by atoms with Crippen LogP contribution in [0.25, 0.3) is 0 Å². The van der Waals surface area contributed by atoms with Gasteiger partial charge in [-0.05, 0) is 31.9 Å². The molecule has 130 valence electrons. The van der Waals surface area contributed by atoms with Crippen LogP contribution < -0.4 is 0 Å². The lowest BCUT2D eigenvalue weighted by Gasteiger charge is -2.30. The van der Waals surface area contributed by atoms with Gasteiger partial charge in [0.1, 0.15) is 4.90 Å². The van der Waals surface area contributed by atoms with E-state index in [9.17, 15) is 8.42 Å². The number of piperidine rings is 1. The lowest BCUT2D eigenvalue weighted by atomic mass is 9.98. The fourth-order valence-corrected chi connectivity index (χ4v) is 6.08. The van der Waals surface area contributed by atoms with Crippen molar-refractivity contribution >= 4 is 49.2 Å². The lowest BCUT2D eigenvalue weighted by Crippen LogP contribution is -2.38. The van der Waals surface area contributed by atoms with Gasteiger partial charge in [0.15, 0.2) is 5.82 Å². The molecule has 0 amide bonds. The minimum atomic E-state index is -3.76. The Balaban J connectivity index is 1.81. The monoisotopic (exact) mass is 453 g/mol. The van der Waals surface area contributed by atoms with Gasteiger partial charge < -0.3 is 4.52 Å². The number of hydrogen-bond acceptors (Lipinski definition) is 5. The van der Waals surface area contributed by atoms with Crippen molar-refractivity contribution in [2.75, 3.05) is 13.1 Å². The summed E-state index contributed by atoms with van der Waals surface area (Å²) < 4.78 is 33.0. The standard InChI is InChI=1S/C14H14BrCl2N3O3S/c1-8-18-14(23-19-8)9-2-4-20(5-3-9)24(21,22)13-11(16)6-10(15)7-12(13)17/h6-7,9H,2-5H2,1H3. The minimum absolute atomic E-state index is 0.0545. The van der Waals surface area contributed by atoms with Crippen molar-refractivity contribution < 1.29 is 12.9 Å². The van der Waals surface area contributed by atoms with E-state index in [-0.39, 0.29) is 20.9 Å². The van der Waals surface area contributed by atoms with Crippen molar-refractivity contribution in [1.29, 1.82) is 0 Å². The van der Waals surface area contributed by atoms with E-state index in [2.05, 4.69) is 26.1 Å². The van der Waals surface area contributed by atoms with Crippen LogP contribution in [0.2, 0.25) is 10.0 Å². The van der Waals surface area contributed by atoms with Crippen LogP contribution in [0, 0.1) is 6.92 Å². The van der Waals surface area contributed by atoms with Crippen LogP contribution in [-0.2, 0) is 10.0 Å². The molecule has 0 bridgehead atoms. The Morgan fingerprint density at radius 2 is 1.83 bits per heavy atom. The summed E-state index contributed by atoms with van der Waals surface area (Å²) in [5, 5.41) is 3.98. The maximum atomic E-state index is 12.9. The van der Waals surface area contributed by atoms with Crippen molar-refractivity contribution in [3.8, 4) is 0 Å². The third kappa shape index (κ3) is 3.48. The molecule has 0 saturated carbocycles. The van der Waals surface area contributed by atoms with Crippen LogP contribution in [0.4, 0.5) is 0 Å². The third-order valence-electron chi connectivity index (χ3n) is 3.91. The molecular formula is C14H14BrCl2N3O3S. The number of nitrogens with zero attached hydrogens (tertiary/aromatic N) is 3. The molecule has 6 nitrogen and oxygen atoms in total. The van der Waals surface area contributed by atoms with E-state index < -0.39 is 10.0 Å². The van der Waals surface area contributed by atoms with E-state index in [4.69, 9.17) is 27.7 Å². The molecular weight excluding hydrogens is 441 g/mol. The minimum Gasteiger partial charge on any atom is -0.339 e. The zero-order valence-corrected chi connectivity index (χ0v) is 16.6. The van der Waals surface area contributed by atoms with Crippen LogP contribution in [-0.4, -0.2) is 36.0 Å². The summed E-state index contributed by atoms with van der Waals surface area (Å²) in [6.45, 7) is 2.44. The number of aryl methyl sites for hydroxylation is 1. The lowest BCUT2D eigenvalue weighted by molar-refractivity contribution is 0.270. The Morgan fingerprint density at radius 1 is 1.25 bits per heavy atom. The van der Waals surface area contributed by atoms with Crippen LogP contribution in [0.5, 0.6) is 0 Å². The molecule has 1 aromatic carbocycles. The van der Waals surface area contributed by atoms with Gasteiger partial charge in [-0.1, -0.05) is 44.3 Å². The zero-order valence-electron chi connectivity index (χ0n) is 12.7. The first-order chi connectivity index (χ1) is 11.3. The van der Waals surface area contributed by atoms with Crippen LogP contribution in [0.3, 0.4) is 0 Å². The first-order valence-electron chi connectivity index (χ1n) is 7.24. The summed E-state index contributed by atoms with van der Waals surface area (Å²) >= 11 is 15.5. The van der Waals surface area contributed by atoms with Crippen molar-refractivity contribution in [1.82, 2.24) is 14.4 Å². The summed E-state index contributed by atoms with van der Waals surface area (Å²) in [4.78, 5) is 4.17. The molecule has 0 radical (unpaired) electrons. The van der Waals surface area contributed by atoms with Crippen molar-refractivity contribution in [2.45, 2.75) is 30.6 Å². The number of halogens is 3.